The molecule has 1 aromatic heterocycles. The minimum Gasteiger partial charge on any atom is -0.481 e. The van der Waals surface area contributed by atoms with Crippen LogP contribution in [0, 0.1) is 13.8 Å². The van der Waals surface area contributed by atoms with Gasteiger partial charge in [0.25, 0.3) is 0 Å². The third-order valence-electron chi connectivity index (χ3n) is 3.69. The topological polar surface area (TPSA) is 68.0 Å². The van der Waals surface area contributed by atoms with Gasteiger partial charge in [0.15, 0.2) is 0 Å². The van der Waals surface area contributed by atoms with Crippen molar-refractivity contribution in [3.05, 3.63) is 65.4 Å². The fourth-order valence-electron chi connectivity index (χ4n) is 2.67. The van der Waals surface area contributed by atoms with E-state index in [0.29, 0.717) is 5.69 Å². The summed E-state index contributed by atoms with van der Waals surface area (Å²) in [5.41, 5.74) is 5.21. The molecule has 3 aromatic rings. The number of hydrogen-bond acceptors (Lipinski definition) is 3. The van der Waals surface area contributed by atoms with Crippen molar-refractivity contribution in [2.24, 2.45) is 0 Å². The highest BCUT2D eigenvalue weighted by atomic mass is 16.4. The van der Waals surface area contributed by atoms with E-state index in [1.807, 2.05) is 56.3 Å². The molecule has 1 N–H and O–H groups in total. The van der Waals surface area contributed by atoms with Crippen LogP contribution >= 0.6 is 0 Å². The first kappa shape index (κ1) is 15.0. The van der Waals surface area contributed by atoms with E-state index in [9.17, 15) is 4.79 Å². The summed E-state index contributed by atoms with van der Waals surface area (Å²) in [6.45, 7) is 4.04. The van der Waals surface area contributed by atoms with Crippen LogP contribution in [0.2, 0.25) is 0 Å². The maximum absolute atomic E-state index is 11.1. The van der Waals surface area contributed by atoms with E-state index in [1.165, 1.54) is 5.56 Å². The molecule has 5 nitrogen and oxygen atoms in total. The van der Waals surface area contributed by atoms with Crippen LogP contribution in [0.5, 0.6) is 0 Å². The fraction of sp³-hybridized carbons (Fsp3) is 0.167. The summed E-state index contributed by atoms with van der Waals surface area (Å²) in [6, 6.07) is 15.7. The Labute approximate surface area is 134 Å². The molecule has 3 rings (SSSR count). The number of hydrogen-bond donors (Lipinski definition) is 1. The predicted molar refractivity (Wildman–Crippen MR) is 87.6 cm³/mol. The largest absolute Gasteiger partial charge is 0.481 e. The number of aliphatic carboxylic acids is 1. The summed E-state index contributed by atoms with van der Waals surface area (Å²) < 4.78 is 1.72. The van der Waals surface area contributed by atoms with Crippen molar-refractivity contribution < 1.29 is 9.90 Å². The summed E-state index contributed by atoms with van der Waals surface area (Å²) in [5, 5.41) is 17.4. The molecule has 2 aromatic carbocycles. The van der Waals surface area contributed by atoms with Crippen LogP contribution in [0.1, 0.15) is 16.8 Å². The molecule has 0 spiro atoms. The van der Waals surface area contributed by atoms with Crippen LogP contribution in [0.25, 0.3) is 16.9 Å². The summed E-state index contributed by atoms with van der Waals surface area (Å²) in [4.78, 5) is 11.1. The fourth-order valence-corrected chi connectivity index (χ4v) is 2.67. The molecule has 0 fully saturated rings. The van der Waals surface area contributed by atoms with E-state index in [0.717, 1.165) is 22.5 Å². The minimum absolute atomic E-state index is 0.158. The van der Waals surface area contributed by atoms with Gasteiger partial charge >= 0.3 is 5.97 Å². The molecule has 5 heteroatoms. The van der Waals surface area contributed by atoms with Crippen molar-refractivity contribution in [2.75, 3.05) is 0 Å². The molecule has 0 radical (unpaired) electrons. The van der Waals surface area contributed by atoms with Gasteiger partial charge in [-0.3, -0.25) is 4.79 Å². The lowest BCUT2D eigenvalue weighted by Gasteiger charge is -2.11. The van der Waals surface area contributed by atoms with Gasteiger partial charge in [-0.2, -0.15) is 0 Å². The van der Waals surface area contributed by atoms with Crippen molar-refractivity contribution in [2.45, 2.75) is 20.3 Å². The van der Waals surface area contributed by atoms with E-state index >= 15 is 0 Å². The second-order valence-corrected chi connectivity index (χ2v) is 5.52. The van der Waals surface area contributed by atoms with Gasteiger partial charge in [-0.25, -0.2) is 4.68 Å². The lowest BCUT2D eigenvalue weighted by molar-refractivity contribution is -0.136. The van der Waals surface area contributed by atoms with Gasteiger partial charge in [0.1, 0.15) is 5.69 Å². The lowest BCUT2D eigenvalue weighted by Crippen LogP contribution is -2.05. The summed E-state index contributed by atoms with van der Waals surface area (Å²) in [6.07, 6.45) is -0.158. The van der Waals surface area contributed by atoms with Crippen molar-refractivity contribution >= 4 is 5.97 Å². The molecule has 1 heterocycles. The van der Waals surface area contributed by atoms with Crippen LogP contribution in [0.3, 0.4) is 0 Å². The Balaban J connectivity index is 2.21. The standard InChI is InChI=1S/C18H17N3O2/c1-12-8-9-16(13(2)10-12)21-18(14-6-4-3-5-7-14)15(19-20-21)11-17(22)23/h3-10H,11H2,1-2H3,(H,22,23). The SMILES string of the molecule is Cc1ccc(-n2nnc(CC(=O)O)c2-c2ccccc2)c(C)c1. The van der Waals surface area contributed by atoms with Gasteiger partial charge in [0.2, 0.25) is 0 Å². The van der Waals surface area contributed by atoms with Crippen LogP contribution in [0.15, 0.2) is 48.5 Å². The molecule has 0 unspecified atom stereocenters. The summed E-state index contributed by atoms with van der Waals surface area (Å²) in [5.74, 6) is -0.921. The quantitative estimate of drug-likeness (QED) is 0.804. The monoisotopic (exact) mass is 307 g/mol. The average Bonchev–Trinajstić information content (AvgIpc) is 2.90. The van der Waals surface area contributed by atoms with Gasteiger partial charge in [-0.05, 0) is 25.5 Å². The average molecular weight is 307 g/mol. The van der Waals surface area contributed by atoms with Gasteiger partial charge in [0, 0.05) is 5.56 Å². The zero-order valence-electron chi connectivity index (χ0n) is 13.0. The van der Waals surface area contributed by atoms with Gasteiger partial charge in [-0.1, -0.05) is 53.2 Å². The molecular weight excluding hydrogens is 290 g/mol. The molecule has 0 amide bonds. The maximum Gasteiger partial charge on any atom is 0.309 e. The number of carboxylic acid groups (broad SMARTS) is 1. The smallest absolute Gasteiger partial charge is 0.309 e. The molecular formula is C18H17N3O2. The Morgan fingerprint density at radius 2 is 1.87 bits per heavy atom. The van der Waals surface area contributed by atoms with E-state index in [2.05, 4.69) is 16.4 Å². The van der Waals surface area contributed by atoms with Crippen LogP contribution < -0.4 is 0 Å². The number of nitrogens with zero attached hydrogens (tertiary/aromatic N) is 3. The molecule has 0 bridgehead atoms. The van der Waals surface area contributed by atoms with E-state index in [4.69, 9.17) is 5.11 Å². The molecule has 0 saturated carbocycles. The molecule has 0 saturated heterocycles. The number of carboxylic acids is 1. The minimum atomic E-state index is -0.921. The van der Waals surface area contributed by atoms with Crippen LogP contribution in [-0.4, -0.2) is 26.1 Å². The lowest BCUT2D eigenvalue weighted by atomic mass is 10.1. The molecule has 116 valence electrons. The Morgan fingerprint density at radius 1 is 1.13 bits per heavy atom. The first-order chi connectivity index (χ1) is 11.1. The number of rotatable bonds is 4. The Hall–Kier alpha value is -2.95. The van der Waals surface area contributed by atoms with Crippen LogP contribution in [-0.2, 0) is 11.2 Å². The summed E-state index contributed by atoms with van der Waals surface area (Å²) >= 11 is 0. The van der Waals surface area contributed by atoms with E-state index in [1.54, 1.807) is 4.68 Å². The highest BCUT2D eigenvalue weighted by molar-refractivity contribution is 5.74. The third kappa shape index (κ3) is 2.99. The zero-order valence-corrected chi connectivity index (χ0v) is 13.0. The molecule has 0 aliphatic heterocycles. The molecule has 0 atom stereocenters. The number of benzene rings is 2. The third-order valence-corrected chi connectivity index (χ3v) is 3.69. The molecule has 0 aliphatic carbocycles. The highest BCUT2D eigenvalue weighted by Crippen LogP contribution is 2.27. The van der Waals surface area contributed by atoms with Gasteiger partial charge in [-0.15, -0.1) is 5.10 Å². The van der Waals surface area contributed by atoms with E-state index < -0.39 is 5.97 Å². The number of aromatic nitrogens is 3. The van der Waals surface area contributed by atoms with Gasteiger partial charge < -0.3 is 5.11 Å². The predicted octanol–water partition coefficient (Wildman–Crippen LogP) is 3.18. The normalized spacial score (nSPS) is 10.7. The Kier molecular flexibility index (Phi) is 3.93. The first-order valence-electron chi connectivity index (χ1n) is 7.35. The second-order valence-electron chi connectivity index (χ2n) is 5.52. The van der Waals surface area contributed by atoms with Crippen LogP contribution in [0.4, 0.5) is 0 Å². The first-order valence-corrected chi connectivity index (χ1v) is 7.35. The van der Waals surface area contributed by atoms with E-state index in [-0.39, 0.29) is 6.42 Å². The van der Waals surface area contributed by atoms with Crippen molar-refractivity contribution in [3.8, 4) is 16.9 Å². The van der Waals surface area contributed by atoms with Crippen molar-refractivity contribution in [1.29, 1.82) is 0 Å². The number of carbonyl (C=O) groups is 1. The molecule has 0 aliphatic rings. The molecule has 23 heavy (non-hydrogen) atoms. The van der Waals surface area contributed by atoms with Crippen molar-refractivity contribution in [3.63, 3.8) is 0 Å². The Morgan fingerprint density at radius 3 is 2.52 bits per heavy atom. The number of aryl methyl sites for hydroxylation is 2. The second kappa shape index (κ2) is 6.04. The summed E-state index contributed by atoms with van der Waals surface area (Å²) in [7, 11) is 0. The highest BCUT2D eigenvalue weighted by Gasteiger charge is 2.19. The Bertz CT molecular complexity index is 854. The maximum atomic E-state index is 11.1. The van der Waals surface area contributed by atoms with Crippen molar-refractivity contribution in [1.82, 2.24) is 15.0 Å². The van der Waals surface area contributed by atoms with Gasteiger partial charge in [0.05, 0.1) is 17.8 Å². The zero-order chi connectivity index (χ0) is 16.4.